The molecule has 0 unspecified atom stereocenters. The highest BCUT2D eigenvalue weighted by Gasteiger charge is 2.13. The maximum atomic E-state index is 13.5. The van der Waals surface area contributed by atoms with E-state index in [1.165, 1.54) is 24.5 Å². The summed E-state index contributed by atoms with van der Waals surface area (Å²) in [6.45, 7) is 4.07. The molecule has 0 fully saturated rings. The SMILES string of the molecule is C=CCNc1cncc(C(=O)Nc2c(F)cccc2F)c1. The lowest BCUT2D eigenvalue weighted by atomic mass is 10.2. The predicted molar refractivity (Wildman–Crippen MR) is 77.2 cm³/mol. The number of anilines is 2. The molecular formula is C15H13F2N3O. The van der Waals surface area contributed by atoms with Gasteiger partial charge in [0.1, 0.15) is 17.3 Å². The molecule has 0 saturated carbocycles. The molecule has 0 aliphatic carbocycles. The topological polar surface area (TPSA) is 54.0 Å². The summed E-state index contributed by atoms with van der Waals surface area (Å²) in [6, 6.07) is 4.89. The second kappa shape index (κ2) is 6.60. The molecule has 0 aliphatic heterocycles. The van der Waals surface area contributed by atoms with Crippen LogP contribution in [-0.2, 0) is 0 Å². The van der Waals surface area contributed by atoms with Crippen LogP contribution in [0.15, 0.2) is 49.3 Å². The van der Waals surface area contributed by atoms with Crippen LogP contribution in [0.4, 0.5) is 20.2 Å². The van der Waals surface area contributed by atoms with Gasteiger partial charge in [0.15, 0.2) is 0 Å². The van der Waals surface area contributed by atoms with Crippen LogP contribution in [0.5, 0.6) is 0 Å². The summed E-state index contributed by atoms with van der Waals surface area (Å²) in [5, 5.41) is 5.17. The van der Waals surface area contributed by atoms with Crippen LogP contribution in [0, 0.1) is 11.6 Å². The molecule has 0 spiro atoms. The number of rotatable bonds is 5. The molecule has 108 valence electrons. The van der Waals surface area contributed by atoms with Crippen molar-refractivity contribution in [1.29, 1.82) is 0 Å². The third-order valence-electron chi connectivity index (χ3n) is 2.65. The second-order valence-corrected chi connectivity index (χ2v) is 4.18. The Kier molecular flexibility index (Phi) is 4.61. The van der Waals surface area contributed by atoms with Gasteiger partial charge in [0.05, 0.1) is 11.3 Å². The standard InChI is InChI=1S/C15H13F2N3O/c1-2-6-19-11-7-10(8-18-9-11)15(21)20-14-12(16)4-3-5-13(14)17/h2-5,7-9,19H,1,6H2,(H,20,21). The van der Waals surface area contributed by atoms with Gasteiger partial charge in [-0.25, -0.2) is 8.78 Å². The largest absolute Gasteiger partial charge is 0.380 e. The fourth-order valence-corrected chi connectivity index (χ4v) is 1.65. The van der Waals surface area contributed by atoms with Gasteiger partial charge in [-0.3, -0.25) is 9.78 Å². The van der Waals surface area contributed by atoms with E-state index in [-0.39, 0.29) is 5.56 Å². The van der Waals surface area contributed by atoms with Gasteiger partial charge in [0, 0.05) is 18.9 Å². The van der Waals surface area contributed by atoms with E-state index in [2.05, 4.69) is 22.2 Å². The minimum Gasteiger partial charge on any atom is -0.380 e. The van der Waals surface area contributed by atoms with Crippen LogP contribution in [0.3, 0.4) is 0 Å². The molecule has 2 rings (SSSR count). The molecule has 0 saturated heterocycles. The highest BCUT2D eigenvalue weighted by Crippen LogP contribution is 2.19. The van der Waals surface area contributed by atoms with Crippen LogP contribution < -0.4 is 10.6 Å². The van der Waals surface area contributed by atoms with E-state index in [4.69, 9.17) is 0 Å². The van der Waals surface area contributed by atoms with Gasteiger partial charge >= 0.3 is 0 Å². The molecule has 0 atom stereocenters. The summed E-state index contributed by atoms with van der Waals surface area (Å²) in [5.41, 5.74) is 0.315. The van der Waals surface area contributed by atoms with E-state index in [0.29, 0.717) is 12.2 Å². The van der Waals surface area contributed by atoms with Crippen molar-refractivity contribution >= 4 is 17.3 Å². The zero-order chi connectivity index (χ0) is 15.2. The van der Waals surface area contributed by atoms with Crippen molar-refractivity contribution in [2.75, 3.05) is 17.2 Å². The zero-order valence-corrected chi connectivity index (χ0v) is 11.1. The molecule has 6 heteroatoms. The molecular weight excluding hydrogens is 276 g/mol. The Morgan fingerprint density at radius 1 is 1.29 bits per heavy atom. The van der Waals surface area contributed by atoms with Crippen molar-refractivity contribution in [2.24, 2.45) is 0 Å². The van der Waals surface area contributed by atoms with Gasteiger partial charge in [0.25, 0.3) is 5.91 Å². The second-order valence-electron chi connectivity index (χ2n) is 4.18. The first-order chi connectivity index (χ1) is 10.1. The number of hydrogen-bond donors (Lipinski definition) is 2. The van der Waals surface area contributed by atoms with Gasteiger partial charge in [-0.2, -0.15) is 0 Å². The Hall–Kier alpha value is -2.76. The predicted octanol–water partition coefficient (Wildman–Crippen LogP) is 3.21. The lowest BCUT2D eigenvalue weighted by Gasteiger charge is -2.08. The van der Waals surface area contributed by atoms with Crippen molar-refractivity contribution in [2.45, 2.75) is 0 Å². The lowest BCUT2D eigenvalue weighted by molar-refractivity contribution is 0.102. The van der Waals surface area contributed by atoms with Crippen molar-refractivity contribution < 1.29 is 13.6 Å². The Morgan fingerprint density at radius 2 is 2.00 bits per heavy atom. The maximum absolute atomic E-state index is 13.5. The number of halogens is 2. The van der Waals surface area contributed by atoms with E-state index in [0.717, 1.165) is 12.1 Å². The monoisotopic (exact) mass is 289 g/mol. The molecule has 2 aromatic rings. The summed E-state index contributed by atoms with van der Waals surface area (Å²) in [5.74, 6) is -2.32. The first-order valence-corrected chi connectivity index (χ1v) is 6.17. The van der Waals surface area contributed by atoms with E-state index in [1.807, 2.05) is 0 Å². The first-order valence-electron chi connectivity index (χ1n) is 6.17. The first kappa shape index (κ1) is 14.6. The van der Waals surface area contributed by atoms with Crippen LogP contribution in [0.1, 0.15) is 10.4 Å². The third-order valence-corrected chi connectivity index (χ3v) is 2.65. The molecule has 1 aromatic carbocycles. The summed E-state index contributed by atoms with van der Waals surface area (Å²) < 4.78 is 27.0. The van der Waals surface area contributed by atoms with Gasteiger partial charge in [-0.05, 0) is 18.2 Å². The van der Waals surface area contributed by atoms with Gasteiger partial charge in [0.2, 0.25) is 0 Å². The zero-order valence-electron chi connectivity index (χ0n) is 11.1. The Balaban J connectivity index is 2.18. The normalized spacial score (nSPS) is 10.0. The molecule has 4 nitrogen and oxygen atoms in total. The summed E-state index contributed by atoms with van der Waals surface area (Å²) in [6.07, 6.45) is 4.50. The van der Waals surface area contributed by atoms with Crippen molar-refractivity contribution in [3.8, 4) is 0 Å². The molecule has 1 aromatic heterocycles. The molecule has 0 bridgehead atoms. The number of nitrogens with zero attached hydrogens (tertiary/aromatic N) is 1. The van der Waals surface area contributed by atoms with E-state index in [9.17, 15) is 13.6 Å². The maximum Gasteiger partial charge on any atom is 0.257 e. The van der Waals surface area contributed by atoms with Gasteiger partial charge in [-0.1, -0.05) is 12.1 Å². The summed E-state index contributed by atoms with van der Waals surface area (Å²) >= 11 is 0. The van der Waals surface area contributed by atoms with Crippen LogP contribution in [0.2, 0.25) is 0 Å². The van der Waals surface area contributed by atoms with E-state index >= 15 is 0 Å². The van der Waals surface area contributed by atoms with Crippen LogP contribution in [-0.4, -0.2) is 17.4 Å². The number of carbonyl (C=O) groups excluding carboxylic acids is 1. The number of carbonyl (C=O) groups is 1. The summed E-state index contributed by atoms with van der Waals surface area (Å²) in [7, 11) is 0. The summed E-state index contributed by atoms with van der Waals surface area (Å²) in [4.78, 5) is 15.9. The van der Waals surface area contributed by atoms with Crippen molar-refractivity contribution in [3.63, 3.8) is 0 Å². The average molecular weight is 289 g/mol. The number of aromatic nitrogens is 1. The third kappa shape index (κ3) is 3.62. The van der Waals surface area contributed by atoms with Crippen molar-refractivity contribution in [1.82, 2.24) is 4.98 Å². The number of amides is 1. The highest BCUT2D eigenvalue weighted by molar-refractivity contribution is 6.04. The Labute approximate surface area is 120 Å². The highest BCUT2D eigenvalue weighted by atomic mass is 19.1. The number of para-hydroxylation sites is 1. The Morgan fingerprint density at radius 3 is 2.67 bits per heavy atom. The lowest BCUT2D eigenvalue weighted by Crippen LogP contribution is -2.15. The van der Waals surface area contributed by atoms with Gasteiger partial charge in [-0.15, -0.1) is 6.58 Å². The fraction of sp³-hybridized carbons (Fsp3) is 0.0667. The number of nitrogens with one attached hydrogen (secondary N) is 2. The quantitative estimate of drug-likeness (QED) is 0.831. The fourth-order valence-electron chi connectivity index (χ4n) is 1.65. The molecule has 2 N–H and O–H groups in total. The van der Waals surface area contributed by atoms with Crippen LogP contribution in [0.25, 0.3) is 0 Å². The molecule has 1 amide bonds. The minimum absolute atomic E-state index is 0.187. The number of pyridine rings is 1. The average Bonchev–Trinajstić information content (AvgIpc) is 2.49. The van der Waals surface area contributed by atoms with E-state index < -0.39 is 23.2 Å². The number of hydrogen-bond acceptors (Lipinski definition) is 3. The molecule has 21 heavy (non-hydrogen) atoms. The Bertz CT molecular complexity index is 653. The molecule has 0 aliphatic rings. The molecule has 1 heterocycles. The molecule has 0 radical (unpaired) electrons. The van der Waals surface area contributed by atoms with Crippen molar-refractivity contribution in [3.05, 3.63) is 66.5 Å². The minimum atomic E-state index is -0.836. The van der Waals surface area contributed by atoms with Crippen LogP contribution >= 0.6 is 0 Å². The van der Waals surface area contributed by atoms with E-state index in [1.54, 1.807) is 6.08 Å². The van der Waals surface area contributed by atoms with Gasteiger partial charge < -0.3 is 10.6 Å². The smallest absolute Gasteiger partial charge is 0.257 e. The number of benzene rings is 1.